The van der Waals surface area contributed by atoms with Crippen LogP contribution in [0.4, 0.5) is 4.79 Å². The Morgan fingerprint density at radius 3 is 2.27 bits per heavy atom. The molecule has 3 rings (SSSR count). The standard InChI is InChI=1S/C17H31N3O2/c21-16(18-13-17(22)9-3-1-2-4-10-17)19-14-7-11-20(12-8-14)15-5-6-15/h14-15,22H,1-13H2,(H2,18,19,21). The number of piperidine rings is 1. The van der Waals surface area contributed by atoms with Crippen molar-refractivity contribution in [3.8, 4) is 0 Å². The second-order valence-electron chi connectivity index (χ2n) is 7.51. The Bertz CT molecular complexity index is 368. The second-order valence-corrected chi connectivity index (χ2v) is 7.51. The van der Waals surface area contributed by atoms with Gasteiger partial charge < -0.3 is 20.6 Å². The van der Waals surface area contributed by atoms with Gasteiger partial charge in [0.2, 0.25) is 0 Å². The highest BCUT2D eigenvalue weighted by Gasteiger charge is 2.32. The first-order chi connectivity index (χ1) is 10.6. The smallest absolute Gasteiger partial charge is 0.315 e. The summed E-state index contributed by atoms with van der Waals surface area (Å²) in [5.74, 6) is 0. The third-order valence-electron chi connectivity index (χ3n) is 5.54. The van der Waals surface area contributed by atoms with E-state index in [0.717, 1.165) is 57.7 Å². The third-order valence-corrected chi connectivity index (χ3v) is 5.54. The molecule has 0 aromatic carbocycles. The predicted octanol–water partition coefficient (Wildman–Crippen LogP) is 2.00. The summed E-state index contributed by atoms with van der Waals surface area (Å²) in [6, 6.07) is 1.01. The fraction of sp³-hybridized carbons (Fsp3) is 0.941. The zero-order valence-electron chi connectivity index (χ0n) is 13.6. The molecule has 1 saturated heterocycles. The van der Waals surface area contributed by atoms with Crippen molar-refractivity contribution in [2.75, 3.05) is 19.6 Å². The van der Waals surface area contributed by atoms with E-state index in [4.69, 9.17) is 0 Å². The molecule has 0 radical (unpaired) electrons. The fourth-order valence-electron chi connectivity index (χ4n) is 3.89. The Morgan fingerprint density at radius 2 is 1.68 bits per heavy atom. The van der Waals surface area contributed by atoms with Crippen LogP contribution in [-0.2, 0) is 0 Å². The molecule has 2 aliphatic carbocycles. The lowest BCUT2D eigenvalue weighted by Gasteiger charge is -2.33. The van der Waals surface area contributed by atoms with E-state index < -0.39 is 5.60 Å². The van der Waals surface area contributed by atoms with Gasteiger partial charge in [-0.15, -0.1) is 0 Å². The van der Waals surface area contributed by atoms with Crippen molar-refractivity contribution in [3.05, 3.63) is 0 Å². The predicted molar refractivity (Wildman–Crippen MR) is 86.8 cm³/mol. The number of likely N-dealkylation sites (tertiary alicyclic amines) is 1. The molecule has 0 aromatic heterocycles. The molecule has 0 bridgehead atoms. The van der Waals surface area contributed by atoms with E-state index in [9.17, 15) is 9.90 Å². The SMILES string of the molecule is O=C(NCC1(O)CCCCCC1)NC1CCN(C2CC2)CC1. The maximum absolute atomic E-state index is 12.1. The van der Waals surface area contributed by atoms with Crippen LogP contribution in [0.25, 0.3) is 0 Å². The largest absolute Gasteiger partial charge is 0.388 e. The Labute approximate surface area is 133 Å². The van der Waals surface area contributed by atoms with Gasteiger partial charge in [-0.1, -0.05) is 25.7 Å². The van der Waals surface area contributed by atoms with Gasteiger partial charge in [0, 0.05) is 31.7 Å². The van der Waals surface area contributed by atoms with Crippen LogP contribution in [0.2, 0.25) is 0 Å². The highest BCUT2D eigenvalue weighted by molar-refractivity contribution is 5.74. The molecule has 0 unspecified atom stereocenters. The van der Waals surface area contributed by atoms with E-state index in [1.807, 2.05) is 0 Å². The summed E-state index contributed by atoms with van der Waals surface area (Å²) >= 11 is 0. The Morgan fingerprint density at radius 1 is 1.05 bits per heavy atom. The molecule has 0 aromatic rings. The lowest BCUT2D eigenvalue weighted by Crippen LogP contribution is -2.51. The number of hydrogen-bond acceptors (Lipinski definition) is 3. The summed E-state index contributed by atoms with van der Waals surface area (Å²) in [7, 11) is 0. The Balaban J connectivity index is 1.35. The second kappa shape index (κ2) is 7.18. The van der Waals surface area contributed by atoms with E-state index in [1.165, 1.54) is 25.7 Å². The van der Waals surface area contributed by atoms with E-state index in [0.29, 0.717) is 12.6 Å². The van der Waals surface area contributed by atoms with Crippen molar-refractivity contribution in [3.63, 3.8) is 0 Å². The highest BCUT2D eigenvalue weighted by atomic mass is 16.3. The van der Waals surface area contributed by atoms with Crippen molar-refractivity contribution in [2.24, 2.45) is 0 Å². The van der Waals surface area contributed by atoms with Crippen LogP contribution in [0.3, 0.4) is 0 Å². The molecule has 5 nitrogen and oxygen atoms in total. The molecule has 1 aliphatic heterocycles. The molecule has 2 saturated carbocycles. The molecule has 2 amide bonds. The van der Waals surface area contributed by atoms with Crippen molar-refractivity contribution in [1.82, 2.24) is 15.5 Å². The molecule has 5 heteroatoms. The maximum Gasteiger partial charge on any atom is 0.315 e. The molecular weight excluding hydrogens is 278 g/mol. The number of nitrogens with zero attached hydrogens (tertiary/aromatic N) is 1. The van der Waals surface area contributed by atoms with Gasteiger partial charge in [0.05, 0.1) is 5.60 Å². The van der Waals surface area contributed by atoms with Gasteiger partial charge in [0.25, 0.3) is 0 Å². The van der Waals surface area contributed by atoms with E-state index >= 15 is 0 Å². The van der Waals surface area contributed by atoms with Crippen LogP contribution in [0.5, 0.6) is 0 Å². The number of hydrogen-bond donors (Lipinski definition) is 3. The van der Waals surface area contributed by atoms with Gasteiger partial charge in [-0.25, -0.2) is 4.79 Å². The molecule has 0 atom stereocenters. The number of aliphatic hydroxyl groups is 1. The summed E-state index contributed by atoms with van der Waals surface area (Å²) in [4.78, 5) is 14.6. The molecule has 1 heterocycles. The number of nitrogens with one attached hydrogen (secondary N) is 2. The minimum absolute atomic E-state index is 0.109. The van der Waals surface area contributed by atoms with Gasteiger partial charge in [-0.2, -0.15) is 0 Å². The fourth-order valence-corrected chi connectivity index (χ4v) is 3.89. The minimum atomic E-state index is -0.691. The molecule has 0 spiro atoms. The van der Waals surface area contributed by atoms with Gasteiger partial charge in [0.15, 0.2) is 0 Å². The lowest BCUT2D eigenvalue weighted by molar-refractivity contribution is 0.0275. The van der Waals surface area contributed by atoms with Crippen LogP contribution < -0.4 is 10.6 Å². The van der Waals surface area contributed by atoms with E-state index in [-0.39, 0.29) is 6.03 Å². The van der Waals surface area contributed by atoms with Crippen LogP contribution >= 0.6 is 0 Å². The number of rotatable bonds is 4. The van der Waals surface area contributed by atoms with Gasteiger partial charge >= 0.3 is 6.03 Å². The first kappa shape index (κ1) is 16.1. The molecule has 3 N–H and O–H groups in total. The van der Waals surface area contributed by atoms with Crippen LogP contribution in [0.15, 0.2) is 0 Å². The number of amides is 2. The van der Waals surface area contributed by atoms with Crippen molar-refractivity contribution < 1.29 is 9.90 Å². The Kier molecular flexibility index (Phi) is 5.24. The summed E-state index contributed by atoms with van der Waals surface area (Å²) < 4.78 is 0. The van der Waals surface area contributed by atoms with Crippen LogP contribution in [0.1, 0.15) is 64.2 Å². The van der Waals surface area contributed by atoms with Crippen LogP contribution in [-0.4, -0.2) is 53.4 Å². The maximum atomic E-state index is 12.1. The summed E-state index contributed by atoms with van der Waals surface area (Å²) in [5.41, 5.74) is -0.691. The van der Waals surface area contributed by atoms with Gasteiger partial charge in [0.1, 0.15) is 0 Å². The molecule has 3 fully saturated rings. The van der Waals surface area contributed by atoms with Crippen molar-refractivity contribution in [1.29, 1.82) is 0 Å². The van der Waals surface area contributed by atoms with Gasteiger partial charge in [-0.05, 0) is 38.5 Å². The summed E-state index contributed by atoms with van der Waals surface area (Å²) in [5, 5.41) is 16.5. The molecule has 3 aliphatic rings. The van der Waals surface area contributed by atoms with E-state index in [2.05, 4.69) is 15.5 Å². The number of urea groups is 1. The normalized spacial score (nSPS) is 27.1. The van der Waals surface area contributed by atoms with E-state index in [1.54, 1.807) is 0 Å². The Hall–Kier alpha value is -0.810. The van der Waals surface area contributed by atoms with Crippen molar-refractivity contribution >= 4 is 6.03 Å². The first-order valence-corrected chi connectivity index (χ1v) is 9.15. The zero-order chi connectivity index (χ0) is 15.4. The average molecular weight is 309 g/mol. The number of carbonyl (C=O) groups excluding carboxylic acids is 1. The highest BCUT2D eigenvalue weighted by Crippen LogP contribution is 2.29. The van der Waals surface area contributed by atoms with Gasteiger partial charge in [-0.3, -0.25) is 0 Å². The first-order valence-electron chi connectivity index (χ1n) is 9.15. The molecule has 126 valence electrons. The minimum Gasteiger partial charge on any atom is -0.388 e. The summed E-state index contributed by atoms with van der Waals surface area (Å²) in [6.07, 6.45) is 11.0. The molecule has 22 heavy (non-hydrogen) atoms. The number of carbonyl (C=O) groups is 1. The van der Waals surface area contributed by atoms with Crippen LogP contribution in [0, 0.1) is 0 Å². The summed E-state index contributed by atoms with van der Waals surface area (Å²) in [6.45, 7) is 2.61. The topological polar surface area (TPSA) is 64.6 Å². The molecular formula is C17H31N3O2. The quantitative estimate of drug-likeness (QED) is 0.696. The lowest BCUT2D eigenvalue weighted by atomic mass is 9.94. The zero-order valence-corrected chi connectivity index (χ0v) is 13.6. The third kappa shape index (κ3) is 4.59. The van der Waals surface area contributed by atoms with Crippen molar-refractivity contribution in [2.45, 2.75) is 81.9 Å². The average Bonchev–Trinajstić information content (AvgIpc) is 3.35. The monoisotopic (exact) mass is 309 g/mol.